The molecule has 0 unspecified atom stereocenters. The van der Waals surface area contributed by atoms with Crippen molar-refractivity contribution in [2.75, 3.05) is 18.6 Å². The molecular weight excluding hydrogens is 563 g/mol. The maximum atomic E-state index is 13.4. The molecule has 1 amide bonds. The first-order valence-corrected chi connectivity index (χ1v) is 13.6. The summed E-state index contributed by atoms with van der Waals surface area (Å²) in [4.78, 5) is 30.9. The predicted molar refractivity (Wildman–Crippen MR) is 157 cm³/mol. The van der Waals surface area contributed by atoms with E-state index in [1.54, 1.807) is 62.7 Å². The minimum absolute atomic E-state index is 0.0791. The highest BCUT2D eigenvalue weighted by molar-refractivity contribution is 5.94. The number of fused-ring (bicyclic) bond motifs is 1. The molecule has 0 aliphatic heterocycles. The van der Waals surface area contributed by atoms with Gasteiger partial charge in [-0.25, -0.2) is 14.6 Å². The number of hydrogen-bond donors (Lipinski definition) is 0. The SMILES string of the molecule is COC(=O)c1ccc(-c2cnc3c(N(CCC(F)(F)F)C(=O)OC(C)(C)C)cc(Oc4cc(C)ccc4C)cn23)cc1C. The van der Waals surface area contributed by atoms with Crippen molar-refractivity contribution in [2.24, 2.45) is 0 Å². The van der Waals surface area contributed by atoms with Crippen molar-refractivity contribution < 1.29 is 37.0 Å². The Kier molecular flexibility index (Phi) is 8.75. The topological polar surface area (TPSA) is 82.4 Å². The Morgan fingerprint density at radius 1 is 0.977 bits per heavy atom. The standard InChI is InChI=1S/C32H34F3N3O5/c1-19-8-9-20(2)27(14-19)42-23-16-25(37(13-12-32(33,34)35)30(40)43-31(4,5)6)28-36-17-26(38(28)18-23)22-10-11-24(21(3)15-22)29(39)41-7/h8-11,14-18H,12-13H2,1-7H3. The Morgan fingerprint density at radius 3 is 2.33 bits per heavy atom. The van der Waals surface area contributed by atoms with E-state index in [1.165, 1.54) is 13.2 Å². The molecule has 0 N–H and O–H groups in total. The Hall–Kier alpha value is -4.54. The van der Waals surface area contributed by atoms with Gasteiger partial charge in [0.2, 0.25) is 0 Å². The summed E-state index contributed by atoms with van der Waals surface area (Å²) in [6, 6.07) is 12.3. The number of hydrogen-bond acceptors (Lipinski definition) is 6. The summed E-state index contributed by atoms with van der Waals surface area (Å²) >= 11 is 0. The van der Waals surface area contributed by atoms with Gasteiger partial charge < -0.3 is 14.2 Å². The Labute approximate surface area is 248 Å². The van der Waals surface area contributed by atoms with Crippen LogP contribution in [0.25, 0.3) is 16.9 Å². The van der Waals surface area contributed by atoms with Gasteiger partial charge in [-0.2, -0.15) is 13.2 Å². The van der Waals surface area contributed by atoms with Gasteiger partial charge in [0.1, 0.15) is 17.1 Å². The van der Waals surface area contributed by atoms with E-state index in [1.807, 2.05) is 32.0 Å². The van der Waals surface area contributed by atoms with Crippen molar-refractivity contribution in [3.05, 3.63) is 77.1 Å². The van der Waals surface area contributed by atoms with E-state index in [0.717, 1.165) is 16.0 Å². The lowest BCUT2D eigenvalue weighted by molar-refractivity contribution is -0.132. The third-order valence-corrected chi connectivity index (χ3v) is 6.58. The number of carbonyl (C=O) groups is 2. The second-order valence-corrected chi connectivity index (χ2v) is 11.3. The molecule has 0 aliphatic rings. The van der Waals surface area contributed by atoms with E-state index in [9.17, 15) is 22.8 Å². The van der Waals surface area contributed by atoms with Crippen molar-refractivity contribution in [3.8, 4) is 22.8 Å². The molecule has 2 aromatic carbocycles. The van der Waals surface area contributed by atoms with Crippen LogP contribution in [0.15, 0.2) is 54.9 Å². The summed E-state index contributed by atoms with van der Waals surface area (Å²) in [5.41, 5.74) is 3.40. The number of methoxy groups -OCH3 is 1. The summed E-state index contributed by atoms with van der Waals surface area (Å²) in [6.07, 6.45) is -3.54. The van der Waals surface area contributed by atoms with Gasteiger partial charge in [0.05, 0.1) is 42.9 Å². The van der Waals surface area contributed by atoms with E-state index >= 15 is 0 Å². The smallest absolute Gasteiger partial charge is 0.414 e. The molecule has 0 saturated carbocycles. The molecule has 228 valence electrons. The zero-order valence-corrected chi connectivity index (χ0v) is 25.1. The number of alkyl halides is 3. The number of pyridine rings is 1. The number of aryl methyl sites for hydroxylation is 3. The number of benzene rings is 2. The average Bonchev–Trinajstić information content (AvgIpc) is 3.32. The summed E-state index contributed by atoms with van der Waals surface area (Å²) in [5.74, 6) is 0.328. The van der Waals surface area contributed by atoms with Crippen LogP contribution < -0.4 is 9.64 Å². The van der Waals surface area contributed by atoms with Crippen molar-refractivity contribution in [2.45, 2.75) is 59.7 Å². The number of nitrogens with zero attached hydrogens (tertiary/aromatic N) is 3. The van der Waals surface area contributed by atoms with Crippen LogP contribution >= 0.6 is 0 Å². The van der Waals surface area contributed by atoms with E-state index < -0.39 is 36.8 Å². The lowest BCUT2D eigenvalue weighted by Crippen LogP contribution is -2.39. The average molecular weight is 598 g/mol. The zero-order chi connectivity index (χ0) is 31.7. The number of esters is 1. The van der Waals surface area contributed by atoms with Crippen molar-refractivity contribution in [1.29, 1.82) is 0 Å². The van der Waals surface area contributed by atoms with Gasteiger partial charge >= 0.3 is 18.2 Å². The van der Waals surface area contributed by atoms with Gasteiger partial charge in [-0.1, -0.05) is 18.2 Å². The quantitative estimate of drug-likeness (QED) is 0.200. The Bertz CT molecular complexity index is 1670. The molecule has 4 rings (SSSR count). The van der Waals surface area contributed by atoms with Gasteiger partial charge in [0.15, 0.2) is 5.65 Å². The van der Waals surface area contributed by atoms with Crippen molar-refractivity contribution >= 4 is 23.4 Å². The van der Waals surface area contributed by atoms with Crippen LogP contribution in [-0.2, 0) is 9.47 Å². The molecule has 0 saturated heterocycles. The molecule has 0 atom stereocenters. The molecule has 43 heavy (non-hydrogen) atoms. The largest absolute Gasteiger partial charge is 0.465 e. The number of halogens is 3. The highest BCUT2D eigenvalue weighted by atomic mass is 19.4. The number of ether oxygens (including phenoxy) is 3. The van der Waals surface area contributed by atoms with E-state index in [-0.39, 0.29) is 17.1 Å². The van der Waals surface area contributed by atoms with Crippen LogP contribution in [0, 0.1) is 20.8 Å². The number of amides is 1. The molecule has 4 aromatic rings. The van der Waals surface area contributed by atoms with E-state index in [0.29, 0.717) is 28.1 Å². The number of carbonyl (C=O) groups excluding carboxylic acids is 2. The summed E-state index contributed by atoms with van der Waals surface area (Å²) < 4.78 is 58.5. The molecule has 0 bridgehead atoms. The second-order valence-electron chi connectivity index (χ2n) is 11.3. The molecule has 8 nitrogen and oxygen atoms in total. The van der Waals surface area contributed by atoms with Gasteiger partial charge in [0.25, 0.3) is 0 Å². The lowest BCUT2D eigenvalue weighted by Gasteiger charge is -2.28. The Balaban J connectivity index is 1.93. The zero-order valence-electron chi connectivity index (χ0n) is 25.1. The number of rotatable bonds is 7. The molecule has 0 spiro atoms. The van der Waals surface area contributed by atoms with E-state index in [4.69, 9.17) is 14.2 Å². The highest BCUT2D eigenvalue weighted by Crippen LogP contribution is 2.36. The molecular formula is C32H34F3N3O5. The molecule has 2 heterocycles. The van der Waals surface area contributed by atoms with Crippen molar-refractivity contribution in [3.63, 3.8) is 0 Å². The second kappa shape index (κ2) is 12.0. The maximum Gasteiger partial charge on any atom is 0.414 e. The normalized spacial score (nSPS) is 11.9. The summed E-state index contributed by atoms with van der Waals surface area (Å²) in [6.45, 7) is 9.76. The number of anilines is 1. The van der Waals surface area contributed by atoms with Gasteiger partial charge in [-0.15, -0.1) is 0 Å². The van der Waals surface area contributed by atoms with Crippen LogP contribution in [0.3, 0.4) is 0 Å². The van der Waals surface area contributed by atoms with Crippen LogP contribution in [-0.4, -0.2) is 46.9 Å². The highest BCUT2D eigenvalue weighted by Gasteiger charge is 2.33. The molecule has 0 radical (unpaired) electrons. The number of aromatic nitrogens is 2. The maximum absolute atomic E-state index is 13.4. The fourth-order valence-corrected chi connectivity index (χ4v) is 4.48. The first-order chi connectivity index (χ1) is 20.1. The monoisotopic (exact) mass is 597 g/mol. The lowest BCUT2D eigenvalue weighted by atomic mass is 10.0. The van der Waals surface area contributed by atoms with Crippen LogP contribution in [0.1, 0.15) is 54.2 Å². The predicted octanol–water partition coefficient (Wildman–Crippen LogP) is 8.20. The van der Waals surface area contributed by atoms with Gasteiger partial charge in [-0.05, 0) is 76.4 Å². The summed E-state index contributed by atoms with van der Waals surface area (Å²) in [5, 5.41) is 0. The molecule has 2 aromatic heterocycles. The van der Waals surface area contributed by atoms with Crippen LogP contribution in [0.4, 0.5) is 23.7 Å². The molecule has 0 aliphatic carbocycles. The third-order valence-electron chi connectivity index (χ3n) is 6.58. The minimum atomic E-state index is -4.52. The van der Waals surface area contributed by atoms with Gasteiger partial charge in [-0.3, -0.25) is 9.30 Å². The van der Waals surface area contributed by atoms with Gasteiger partial charge in [0, 0.05) is 18.2 Å². The number of imidazole rings is 1. The van der Waals surface area contributed by atoms with E-state index in [2.05, 4.69) is 4.98 Å². The van der Waals surface area contributed by atoms with Crippen LogP contribution in [0.2, 0.25) is 0 Å². The minimum Gasteiger partial charge on any atom is -0.465 e. The Morgan fingerprint density at radius 2 is 1.70 bits per heavy atom. The fraction of sp³-hybridized carbons (Fsp3) is 0.344. The van der Waals surface area contributed by atoms with Crippen LogP contribution in [0.5, 0.6) is 11.5 Å². The first-order valence-electron chi connectivity index (χ1n) is 13.6. The fourth-order valence-electron chi connectivity index (χ4n) is 4.48. The summed E-state index contributed by atoms with van der Waals surface area (Å²) in [7, 11) is 1.30. The van der Waals surface area contributed by atoms with Crippen molar-refractivity contribution in [1.82, 2.24) is 9.38 Å². The first kappa shape index (κ1) is 31.4. The third kappa shape index (κ3) is 7.46. The molecule has 11 heteroatoms. The molecule has 0 fully saturated rings.